The smallest absolute Gasteiger partial charge is 0.347 e. The zero-order valence-electron chi connectivity index (χ0n) is 13.7. The molecular formula is C18H14F2N2O4. The number of H-pyrrole nitrogens is 1. The van der Waals surface area contributed by atoms with Crippen molar-refractivity contribution in [1.82, 2.24) is 9.97 Å². The first-order valence-electron chi connectivity index (χ1n) is 7.75. The third-order valence-electron chi connectivity index (χ3n) is 3.77. The Morgan fingerprint density at radius 3 is 2.77 bits per heavy atom. The van der Waals surface area contributed by atoms with Crippen LogP contribution >= 0.6 is 0 Å². The van der Waals surface area contributed by atoms with Gasteiger partial charge in [0.15, 0.2) is 11.3 Å². The SMILES string of the molecule is CCOC(=O)c1c(O)c2ncc(Cc3ccc(F)cc3F)cc2[nH]c1=O. The van der Waals surface area contributed by atoms with E-state index in [1.54, 1.807) is 6.92 Å². The highest BCUT2D eigenvalue weighted by Crippen LogP contribution is 2.25. The van der Waals surface area contributed by atoms with Gasteiger partial charge in [-0.05, 0) is 30.2 Å². The largest absolute Gasteiger partial charge is 0.505 e. The van der Waals surface area contributed by atoms with Gasteiger partial charge in [-0.25, -0.2) is 13.6 Å². The molecule has 3 aromatic rings. The van der Waals surface area contributed by atoms with Gasteiger partial charge in [0.05, 0.1) is 12.1 Å². The van der Waals surface area contributed by atoms with Crippen molar-refractivity contribution in [3.8, 4) is 5.75 Å². The van der Waals surface area contributed by atoms with Crippen LogP contribution in [-0.2, 0) is 11.2 Å². The maximum Gasteiger partial charge on any atom is 0.347 e. The van der Waals surface area contributed by atoms with E-state index < -0.39 is 34.5 Å². The molecule has 0 radical (unpaired) electrons. The lowest BCUT2D eigenvalue weighted by atomic mass is 10.0. The van der Waals surface area contributed by atoms with Gasteiger partial charge < -0.3 is 14.8 Å². The zero-order chi connectivity index (χ0) is 18.8. The number of hydrogen-bond donors (Lipinski definition) is 2. The molecule has 0 spiro atoms. The van der Waals surface area contributed by atoms with E-state index in [4.69, 9.17) is 4.74 Å². The number of ether oxygens (including phenoxy) is 1. The molecule has 0 atom stereocenters. The maximum atomic E-state index is 13.8. The van der Waals surface area contributed by atoms with Crippen molar-refractivity contribution in [3.05, 3.63) is 69.1 Å². The van der Waals surface area contributed by atoms with Gasteiger partial charge in [0.25, 0.3) is 5.56 Å². The second kappa shape index (κ2) is 6.91. The number of aromatic nitrogens is 2. The lowest BCUT2D eigenvalue weighted by Gasteiger charge is -2.08. The van der Waals surface area contributed by atoms with E-state index in [0.29, 0.717) is 5.56 Å². The Balaban J connectivity index is 2.03. The molecule has 134 valence electrons. The normalized spacial score (nSPS) is 10.9. The molecule has 8 heteroatoms. The third-order valence-corrected chi connectivity index (χ3v) is 3.77. The van der Waals surface area contributed by atoms with Gasteiger partial charge in [-0.15, -0.1) is 0 Å². The van der Waals surface area contributed by atoms with Crippen molar-refractivity contribution in [2.24, 2.45) is 0 Å². The molecular weight excluding hydrogens is 346 g/mol. The van der Waals surface area contributed by atoms with Crippen LogP contribution in [0.4, 0.5) is 8.78 Å². The van der Waals surface area contributed by atoms with Crippen molar-refractivity contribution in [3.63, 3.8) is 0 Å². The van der Waals surface area contributed by atoms with Crippen molar-refractivity contribution in [1.29, 1.82) is 0 Å². The van der Waals surface area contributed by atoms with Crippen molar-refractivity contribution in [2.75, 3.05) is 6.61 Å². The van der Waals surface area contributed by atoms with Gasteiger partial charge >= 0.3 is 5.97 Å². The van der Waals surface area contributed by atoms with Gasteiger partial charge in [-0.2, -0.15) is 0 Å². The highest BCUT2D eigenvalue weighted by Gasteiger charge is 2.21. The van der Waals surface area contributed by atoms with Crippen LogP contribution in [0.2, 0.25) is 0 Å². The van der Waals surface area contributed by atoms with Gasteiger partial charge in [0.1, 0.15) is 17.2 Å². The minimum absolute atomic E-state index is 0.0102. The predicted molar refractivity (Wildman–Crippen MR) is 89.1 cm³/mol. The maximum absolute atomic E-state index is 13.8. The first-order valence-corrected chi connectivity index (χ1v) is 7.75. The fraction of sp³-hybridized carbons (Fsp3) is 0.167. The van der Waals surface area contributed by atoms with Gasteiger partial charge in [0.2, 0.25) is 0 Å². The number of halogens is 2. The van der Waals surface area contributed by atoms with E-state index in [-0.39, 0.29) is 29.6 Å². The second-order valence-electron chi connectivity index (χ2n) is 5.55. The van der Waals surface area contributed by atoms with Crippen LogP contribution in [0.5, 0.6) is 5.75 Å². The zero-order valence-corrected chi connectivity index (χ0v) is 13.7. The van der Waals surface area contributed by atoms with E-state index in [0.717, 1.165) is 12.1 Å². The average Bonchev–Trinajstić information content (AvgIpc) is 2.57. The lowest BCUT2D eigenvalue weighted by molar-refractivity contribution is 0.0521. The lowest BCUT2D eigenvalue weighted by Crippen LogP contribution is -2.20. The second-order valence-corrected chi connectivity index (χ2v) is 5.55. The molecule has 0 amide bonds. The summed E-state index contributed by atoms with van der Waals surface area (Å²) < 4.78 is 31.5. The molecule has 0 aliphatic heterocycles. The minimum atomic E-state index is -0.951. The summed E-state index contributed by atoms with van der Waals surface area (Å²) in [5.74, 6) is -2.91. The molecule has 0 bridgehead atoms. The van der Waals surface area contributed by atoms with E-state index in [9.17, 15) is 23.5 Å². The number of pyridine rings is 2. The fourth-order valence-electron chi connectivity index (χ4n) is 2.58. The first kappa shape index (κ1) is 17.5. The number of esters is 1. The summed E-state index contributed by atoms with van der Waals surface area (Å²) in [6.45, 7) is 1.62. The summed E-state index contributed by atoms with van der Waals surface area (Å²) in [6.07, 6.45) is 1.48. The molecule has 1 aromatic carbocycles. The molecule has 2 heterocycles. The molecule has 0 aliphatic carbocycles. The Bertz CT molecular complexity index is 1060. The molecule has 6 nitrogen and oxygen atoms in total. The van der Waals surface area contributed by atoms with Crippen molar-refractivity contribution >= 4 is 17.0 Å². The Morgan fingerprint density at radius 1 is 1.31 bits per heavy atom. The highest BCUT2D eigenvalue weighted by atomic mass is 19.1. The Kier molecular flexibility index (Phi) is 4.66. The fourth-order valence-corrected chi connectivity index (χ4v) is 2.58. The van der Waals surface area contributed by atoms with Crippen LogP contribution < -0.4 is 5.56 Å². The van der Waals surface area contributed by atoms with Gasteiger partial charge in [0, 0.05) is 18.7 Å². The first-order chi connectivity index (χ1) is 12.4. The summed E-state index contributed by atoms with van der Waals surface area (Å²) in [4.78, 5) is 30.4. The summed E-state index contributed by atoms with van der Waals surface area (Å²) in [6, 6.07) is 4.75. The van der Waals surface area contributed by atoms with Crippen LogP contribution in [0, 0.1) is 11.6 Å². The number of aromatic amines is 1. The van der Waals surface area contributed by atoms with E-state index >= 15 is 0 Å². The topological polar surface area (TPSA) is 92.3 Å². The van der Waals surface area contributed by atoms with E-state index in [2.05, 4.69) is 9.97 Å². The number of aromatic hydroxyl groups is 1. The molecule has 2 aromatic heterocycles. The van der Waals surface area contributed by atoms with Crippen LogP contribution in [0.1, 0.15) is 28.4 Å². The molecule has 3 rings (SSSR count). The van der Waals surface area contributed by atoms with E-state index in [1.807, 2.05) is 0 Å². The average molecular weight is 360 g/mol. The standard InChI is InChI=1S/C18H14F2N2O4/c1-2-26-18(25)14-16(23)15-13(22-17(14)24)6-9(8-21-15)5-10-3-4-11(19)7-12(10)20/h3-4,6-8H,2,5H2,1H3,(H2,22,23,24). The number of carbonyl (C=O) groups excluding carboxylic acids is 1. The third kappa shape index (κ3) is 3.26. The number of nitrogens with zero attached hydrogens (tertiary/aromatic N) is 1. The number of fused-ring (bicyclic) bond motifs is 1. The number of hydrogen-bond acceptors (Lipinski definition) is 5. The van der Waals surface area contributed by atoms with Crippen LogP contribution in [0.15, 0.2) is 35.3 Å². The van der Waals surface area contributed by atoms with Crippen molar-refractivity contribution < 1.29 is 23.4 Å². The predicted octanol–water partition coefficient (Wildman–Crippen LogP) is 2.67. The summed E-state index contributed by atoms with van der Waals surface area (Å²) in [5, 5.41) is 10.2. The number of benzene rings is 1. The van der Waals surface area contributed by atoms with E-state index in [1.165, 1.54) is 18.3 Å². The molecule has 0 saturated carbocycles. The quantitative estimate of drug-likeness (QED) is 0.698. The monoisotopic (exact) mass is 360 g/mol. The number of nitrogens with one attached hydrogen (secondary N) is 1. The molecule has 0 saturated heterocycles. The number of rotatable bonds is 4. The Labute approximate surface area is 146 Å². The molecule has 26 heavy (non-hydrogen) atoms. The Hall–Kier alpha value is -3.29. The van der Waals surface area contributed by atoms with Crippen molar-refractivity contribution in [2.45, 2.75) is 13.3 Å². The number of carbonyl (C=O) groups is 1. The van der Waals surface area contributed by atoms with Crippen LogP contribution in [-0.4, -0.2) is 27.7 Å². The molecule has 2 N–H and O–H groups in total. The Morgan fingerprint density at radius 2 is 2.08 bits per heavy atom. The summed E-state index contributed by atoms with van der Waals surface area (Å²) in [5.41, 5.74) is -0.370. The van der Waals surface area contributed by atoms with Crippen LogP contribution in [0.3, 0.4) is 0 Å². The summed E-state index contributed by atoms with van der Waals surface area (Å²) in [7, 11) is 0. The summed E-state index contributed by atoms with van der Waals surface area (Å²) >= 11 is 0. The molecule has 0 aliphatic rings. The minimum Gasteiger partial charge on any atom is -0.505 e. The molecule has 0 unspecified atom stereocenters. The van der Waals surface area contributed by atoms with Crippen LogP contribution in [0.25, 0.3) is 11.0 Å². The van der Waals surface area contributed by atoms with Gasteiger partial charge in [-0.1, -0.05) is 6.07 Å². The molecule has 0 fully saturated rings. The van der Waals surface area contributed by atoms with Gasteiger partial charge in [-0.3, -0.25) is 9.78 Å². The highest BCUT2D eigenvalue weighted by molar-refractivity contribution is 5.97.